The van der Waals surface area contributed by atoms with Gasteiger partial charge in [-0.15, -0.1) is 0 Å². The smallest absolute Gasteiger partial charge is 0.256 e. The van der Waals surface area contributed by atoms with Gasteiger partial charge in [0.2, 0.25) is 11.7 Å². The average Bonchev–Trinajstić information content (AvgIpc) is 3.21. The minimum absolute atomic E-state index is 0.0834. The number of benzene rings is 2. The summed E-state index contributed by atoms with van der Waals surface area (Å²) in [5.41, 5.74) is 1.21. The highest BCUT2D eigenvalue weighted by molar-refractivity contribution is 7.99. The normalized spacial score (nSPS) is 10.5. The minimum atomic E-state index is -0.327. The number of nitrogens with zero attached hydrogens (tertiary/aromatic N) is 1. The standard InChI is InChI=1S/C20H19FN2O5S/c1-25-15-8-14(9-16(26-2)19(15)27-3)23-18(24)11-29-20-22-10-17(28-20)12-4-6-13(21)7-5-12/h4-10H,11H2,1-3H3,(H,23,24). The number of carbonyl (C=O) groups is 1. The molecule has 0 saturated heterocycles. The Balaban J connectivity index is 1.62. The zero-order chi connectivity index (χ0) is 20.8. The van der Waals surface area contributed by atoms with E-state index in [1.54, 1.807) is 24.3 Å². The number of carbonyl (C=O) groups excluding carboxylic acids is 1. The first-order chi connectivity index (χ1) is 14.0. The molecule has 1 N–H and O–H groups in total. The van der Waals surface area contributed by atoms with Gasteiger partial charge in [0, 0.05) is 23.4 Å². The number of rotatable bonds is 8. The predicted octanol–water partition coefficient (Wildman–Crippen LogP) is 4.24. The van der Waals surface area contributed by atoms with Crippen LogP contribution in [0.2, 0.25) is 0 Å². The Kier molecular flexibility index (Phi) is 6.61. The fourth-order valence-corrected chi connectivity index (χ4v) is 3.15. The molecule has 1 aromatic heterocycles. The Morgan fingerprint density at radius 3 is 2.34 bits per heavy atom. The van der Waals surface area contributed by atoms with Crippen molar-refractivity contribution in [1.29, 1.82) is 0 Å². The Bertz CT molecular complexity index is 966. The molecule has 0 atom stereocenters. The zero-order valence-corrected chi connectivity index (χ0v) is 16.8. The Morgan fingerprint density at radius 2 is 1.76 bits per heavy atom. The molecule has 152 valence electrons. The van der Waals surface area contributed by atoms with Gasteiger partial charge in [-0.1, -0.05) is 11.8 Å². The highest BCUT2D eigenvalue weighted by atomic mass is 32.2. The van der Waals surface area contributed by atoms with E-state index < -0.39 is 0 Å². The molecule has 0 aliphatic rings. The van der Waals surface area contributed by atoms with Crippen molar-refractivity contribution in [3.05, 3.63) is 48.4 Å². The van der Waals surface area contributed by atoms with Gasteiger partial charge in [-0.25, -0.2) is 9.37 Å². The van der Waals surface area contributed by atoms with Crippen molar-refractivity contribution in [1.82, 2.24) is 4.98 Å². The van der Waals surface area contributed by atoms with Gasteiger partial charge in [-0.3, -0.25) is 4.79 Å². The Hall–Kier alpha value is -3.20. The number of nitrogens with one attached hydrogen (secondary N) is 1. The van der Waals surface area contributed by atoms with Crippen molar-refractivity contribution < 1.29 is 27.8 Å². The molecule has 7 nitrogen and oxygen atoms in total. The van der Waals surface area contributed by atoms with Gasteiger partial charge >= 0.3 is 0 Å². The first-order valence-corrected chi connectivity index (χ1v) is 9.47. The largest absolute Gasteiger partial charge is 0.493 e. The van der Waals surface area contributed by atoms with Crippen LogP contribution in [0, 0.1) is 5.82 Å². The minimum Gasteiger partial charge on any atom is -0.493 e. The van der Waals surface area contributed by atoms with Crippen molar-refractivity contribution in [3.8, 4) is 28.6 Å². The number of hydrogen-bond donors (Lipinski definition) is 1. The van der Waals surface area contributed by atoms with E-state index in [9.17, 15) is 9.18 Å². The van der Waals surface area contributed by atoms with Crippen molar-refractivity contribution in [2.24, 2.45) is 0 Å². The van der Waals surface area contributed by atoms with Crippen LogP contribution in [0.1, 0.15) is 0 Å². The highest BCUT2D eigenvalue weighted by Crippen LogP contribution is 2.40. The maximum absolute atomic E-state index is 13.0. The lowest BCUT2D eigenvalue weighted by atomic mass is 10.2. The number of hydrogen-bond acceptors (Lipinski definition) is 7. The Morgan fingerprint density at radius 1 is 1.10 bits per heavy atom. The average molecular weight is 418 g/mol. The summed E-state index contributed by atoms with van der Waals surface area (Å²) in [4.78, 5) is 16.4. The van der Waals surface area contributed by atoms with Gasteiger partial charge in [0.1, 0.15) is 5.82 Å². The monoisotopic (exact) mass is 418 g/mol. The third kappa shape index (κ3) is 5.00. The second-order valence-corrected chi connectivity index (χ2v) is 6.67. The van der Waals surface area contributed by atoms with Gasteiger partial charge in [0.15, 0.2) is 17.3 Å². The van der Waals surface area contributed by atoms with Crippen LogP contribution in [0.25, 0.3) is 11.3 Å². The van der Waals surface area contributed by atoms with Crippen LogP contribution in [-0.4, -0.2) is 38.0 Å². The molecule has 0 radical (unpaired) electrons. The van der Waals surface area contributed by atoms with Crippen molar-refractivity contribution in [2.45, 2.75) is 5.22 Å². The second-order valence-electron chi connectivity index (χ2n) is 5.75. The van der Waals surface area contributed by atoms with Crippen LogP contribution in [-0.2, 0) is 4.79 Å². The summed E-state index contributed by atoms with van der Waals surface area (Å²) in [5, 5.41) is 3.11. The van der Waals surface area contributed by atoms with Crippen molar-refractivity contribution in [2.75, 3.05) is 32.4 Å². The summed E-state index contributed by atoms with van der Waals surface area (Å²) in [5.74, 6) is 1.31. The summed E-state index contributed by atoms with van der Waals surface area (Å²) in [6.45, 7) is 0. The highest BCUT2D eigenvalue weighted by Gasteiger charge is 2.15. The van der Waals surface area contributed by atoms with Crippen LogP contribution in [0.5, 0.6) is 17.2 Å². The molecule has 0 saturated carbocycles. The lowest BCUT2D eigenvalue weighted by Gasteiger charge is -2.14. The summed E-state index contributed by atoms with van der Waals surface area (Å²) < 4.78 is 34.4. The molecule has 1 amide bonds. The van der Waals surface area contributed by atoms with Gasteiger partial charge in [0.05, 0.1) is 33.3 Å². The van der Waals surface area contributed by atoms with E-state index in [1.807, 2.05) is 0 Å². The summed E-state index contributed by atoms with van der Waals surface area (Å²) >= 11 is 1.14. The van der Waals surface area contributed by atoms with Crippen LogP contribution < -0.4 is 19.5 Å². The fraction of sp³-hybridized carbons (Fsp3) is 0.200. The molecular weight excluding hydrogens is 399 g/mol. The zero-order valence-electron chi connectivity index (χ0n) is 16.0. The topological polar surface area (TPSA) is 82.8 Å². The number of methoxy groups -OCH3 is 3. The van der Waals surface area contributed by atoms with E-state index in [2.05, 4.69) is 10.3 Å². The lowest BCUT2D eigenvalue weighted by Crippen LogP contribution is -2.14. The number of amides is 1. The maximum atomic E-state index is 13.0. The third-order valence-electron chi connectivity index (χ3n) is 3.89. The van der Waals surface area contributed by atoms with Crippen LogP contribution >= 0.6 is 11.8 Å². The molecule has 0 aliphatic carbocycles. The molecule has 29 heavy (non-hydrogen) atoms. The third-order valence-corrected chi connectivity index (χ3v) is 4.73. The molecule has 0 fully saturated rings. The molecule has 3 rings (SSSR count). The number of oxazole rings is 1. The number of halogens is 1. The molecular formula is C20H19FN2O5S. The van der Waals surface area contributed by atoms with Crippen LogP contribution in [0.4, 0.5) is 10.1 Å². The summed E-state index contributed by atoms with van der Waals surface area (Å²) in [6.07, 6.45) is 1.53. The molecule has 9 heteroatoms. The fourth-order valence-electron chi connectivity index (χ4n) is 2.55. The van der Waals surface area contributed by atoms with E-state index in [0.29, 0.717) is 39.5 Å². The molecule has 0 spiro atoms. The van der Waals surface area contributed by atoms with Gasteiger partial charge in [-0.05, 0) is 24.3 Å². The summed E-state index contributed by atoms with van der Waals surface area (Å²) in [6, 6.07) is 9.16. The van der Waals surface area contributed by atoms with Gasteiger partial charge in [-0.2, -0.15) is 0 Å². The molecule has 1 heterocycles. The number of anilines is 1. The van der Waals surface area contributed by atoms with Gasteiger partial charge in [0.25, 0.3) is 5.22 Å². The predicted molar refractivity (Wildman–Crippen MR) is 107 cm³/mol. The van der Waals surface area contributed by atoms with Crippen LogP contribution in [0.15, 0.2) is 52.2 Å². The van der Waals surface area contributed by atoms with E-state index in [0.717, 1.165) is 11.8 Å². The van der Waals surface area contributed by atoms with E-state index in [4.69, 9.17) is 18.6 Å². The van der Waals surface area contributed by atoms with Crippen molar-refractivity contribution >= 4 is 23.4 Å². The SMILES string of the molecule is COc1cc(NC(=O)CSc2ncc(-c3ccc(F)cc3)o2)cc(OC)c1OC. The van der Waals surface area contributed by atoms with Crippen LogP contribution in [0.3, 0.4) is 0 Å². The number of thioether (sulfide) groups is 1. The van der Waals surface area contributed by atoms with Crippen molar-refractivity contribution in [3.63, 3.8) is 0 Å². The number of ether oxygens (including phenoxy) is 3. The van der Waals surface area contributed by atoms with E-state index in [1.165, 1.54) is 39.7 Å². The molecule has 0 unspecified atom stereocenters. The van der Waals surface area contributed by atoms with Gasteiger partial charge < -0.3 is 23.9 Å². The maximum Gasteiger partial charge on any atom is 0.256 e. The quantitative estimate of drug-likeness (QED) is 0.548. The number of aromatic nitrogens is 1. The molecule has 0 aliphatic heterocycles. The first kappa shape index (κ1) is 20.5. The van der Waals surface area contributed by atoms with E-state index >= 15 is 0 Å². The Labute approximate surface area is 171 Å². The first-order valence-electron chi connectivity index (χ1n) is 8.48. The lowest BCUT2D eigenvalue weighted by molar-refractivity contribution is -0.113. The van der Waals surface area contributed by atoms with E-state index in [-0.39, 0.29) is 17.5 Å². The second kappa shape index (κ2) is 9.33. The molecule has 3 aromatic rings. The molecule has 2 aromatic carbocycles. The summed E-state index contributed by atoms with van der Waals surface area (Å²) in [7, 11) is 4.51. The molecule has 0 bridgehead atoms.